The fraction of sp³-hybridized carbons (Fsp3) is 0.167. The summed E-state index contributed by atoms with van der Waals surface area (Å²) in [7, 11) is -3.68. The molecule has 1 aliphatic rings. The normalized spacial score (nSPS) is 14.0. The molecule has 0 saturated heterocycles. The fourth-order valence-corrected chi connectivity index (χ4v) is 5.22. The molecule has 1 aromatic heterocycles. The van der Waals surface area contributed by atoms with Gasteiger partial charge in [-0.1, -0.05) is 11.6 Å². The number of fused-ring (bicyclic) bond motifs is 1. The highest BCUT2D eigenvalue weighted by Gasteiger charge is 2.20. The van der Waals surface area contributed by atoms with Crippen LogP contribution in [0.25, 0.3) is 0 Å². The summed E-state index contributed by atoms with van der Waals surface area (Å²) in [6, 6.07) is 6.28. The molecule has 0 unspecified atom stereocenters. The van der Waals surface area contributed by atoms with Gasteiger partial charge in [-0.3, -0.25) is 4.72 Å². The van der Waals surface area contributed by atoms with Crippen molar-refractivity contribution in [3.8, 4) is 11.5 Å². The molecular weight excluding hydrogens is 402 g/mol. The van der Waals surface area contributed by atoms with Crippen molar-refractivity contribution < 1.29 is 17.9 Å². The van der Waals surface area contributed by atoms with Crippen LogP contribution in [0.2, 0.25) is 5.02 Å². The van der Waals surface area contributed by atoms with Gasteiger partial charge in [0.25, 0.3) is 10.0 Å². The van der Waals surface area contributed by atoms with E-state index in [0.717, 1.165) is 11.3 Å². The standard InChI is InChI=1S/C12H9BrClNO4S2/c13-12-8(14)6-11(20-12)21(16,17)15-7-1-2-9-10(5-7)19-4-3-18-9/h1-2,5-6,15H,3-4H2. The average Bonchev–Trinajstić information content (AvgIpc) is 2.79. The first-order valence-corrected chi connectivity index (χ1v) is 9.30. The van der Waals surface area contributed by atoms with Gasteiger partial charge in [-0.2, -0.15) is 0 Å². The average molecular weight is 411 g/mol. The first-order chi connectivity index (χ1) is 9.95. The lowest BCUT2D eigenvalue weighted by atomic mass is 10.3. The number of nitrogens with one attached hydrogen (secondary N) is 1. The van der Waals surface area contributed by atoms with E-state index in [0.29, 0.717) is 39.2 Å². The summed E-state index contributed by atoms with van der Waals surface area (Å²) in [6.45, 7) is 0.927. The van der Waals surface area contributed by atoms with Crippen molar-refractivity contribution in [2.24, 2.45) is 0 Å². The van der Waals surface area contributed by atoms with E-state index in [1.54, 1.807) is 18.2 Å². The Hall–Kier alpha value is -0.960. The highest BCUT2D eigenvalue weighted by atomic mass is 79.9. The van der Waals surface area contributed by atoms with Crippen LogP contribution >= 0.6 is 38.9 Å². The number of ether oxygens (including phenoxy) is 2. The van der Waals surface area contributed by atoms with Gasteiger partial charge in [0, 0.05) is 6.07 Å². The maximum atomic E-state index is 12.3. The minimum atomic E-state index is -3.68. The second-order valence-corrected chi connectivity index (χ2v) is 8.84. The molecule has 2 heterocycles. The molecule has 1 aliphatic heterocycles. The Balaban J connectivity index is 1.88. The fourth-order valence-electron chi connectivity index (χ4n) is 1.77. The molecule has 2 aromatic rings. The third-order valence-electron chi connectivity index (χ3n) is 2.68. The second-order valence-electron chi connectivity index (χ2n) is 4.15. The molecule has 1 N–H and O–H groups in total. The lowest BCUT2D eigenvalue weighted by Crippen LogP contribution is -2.16. The molecule has 1 aromatic carbocycles. The van der Waals surface area contributed by atoms with E-state index in [9.17, 15) is 8.42 Å². The zero-order chi connectivity index (χ0) is 15.0. The highest BCUT2D eigenvalue weighted by molar-refractivity contribution is 9.11. The van der Waals surface area contributed by atoms with Gasteiger partial charge < -0.3 is 9.47 Å². The third-order valence-corrected chi connectivity index (χ3v) is 7.01. The van der Waals surface area contributed by atoms with Crippen molar-refractivity contribution in [1.82, 2.24) is 0 Å². The number of benzene rings is 1. The summed E-state index contributed by atoms with van der Waals surface area (Å²) in [4.78, 5) is 0. The van der Waals surface area contributed by atoms with Gasteiger partial charge >= 0.3 is 0 Å². The molecule has 0 spiro atoms. The van der Waals surface area contributed by atoms with Crippen LogP contribution in [0, 0.1) is 0 Å². The van der Waals surface area contributed by atoms with E-state index in [-0.39, 0.29) is 4.21 Å². The molecular formula is C12H9BrClNO4S2. The summed E-state index contributed by atoms with van der Waals surface area (Å²) >= 11 is 10.1. The van der Waals surface area contributed by atoms with Gasteiger partial charge in [-0.15, -0.1) is 11.3 Å². The van der Waals surface area contributed by atoms with Crippen LogP contribution in [-0.4, -0.2) is 21.6 Å². The van der Waals surface area contributed by atoms with E-state index in [1.807, 2.05) is 0 Å². The van der Waals surface area contributed by atoms with Crippen molar-refractivity contribution in [1.29, 1.82) is 0 Å². The van der Waals surface area contributed by atoms with Crippen LogP contribution < -0.4 is 14.2 Å². The Kier molecular flexibility index (Phi) is 4.04. The Morgan fingerprint density at radius 3 is 2.57 bits per heavy atom. The summed E-state index contributed by atoms with van der Waals surface area (Å²) in [5.41, 5.74) is 0.403. The Morgan fingerprint density at radius 2 is 1.90 bits per heavy atom. The predicted molar refractivity (Wildman–Crippen MR) is 85.3 cm³/mol. The van der Waals surface area contributed by atoms with Crippen molar-refractivity contribution in [2.75, 3.05) is 17.9 Å². The minimum Gasteiger partial charge on any atom is -0.486 e. The van der Waals surface area contributed by atoms with E-state index in [2.05, 4.69) is 20.7 Å². The lowest BCUT2D eigenvalue weighted by Gasteiger charge is -2.19. The monoisotopic (exact) mass is 409 g/mol. The number of hydrogen-bond acceptors (Lipinski definition) is 5. The van der Waals surface area contributed by atoms with Crippen LogP contribution in [0.15, 0.2) is 32.3 Å². The Morgan fingerprint density at radius 1 is 1.19 bits per heavy atom. The summed E-state index contributed by atoms with van der Waals surface area (Å²) in [5, 5.41) is 0.363. The van der Waals surface area contributed by atoms with E-state index in [4.69, 9.17) is 21.1 Å². The van der Waals surface area contributed by atoms with Crippen molar-refractivity contribution in [3.05, 3.63) is 33.1 Å². The molecule has 0 atom stereocenters. The zero-order valence-electron chi connectivity index (χ0n) is 10.4. The molecule has 0 bridgehead atoms. The van der Waals surface area contributed by atoms with Gasteiger partial charge in [0.05, 0.1) is 14.5 Å². The largest absolute Gasteiger partial charge is 0.486 e. The number of anilines is 1. The van der Waals surface area contributed by atoms with Crippen LogP contribution in [-0.2, 0) is 10.0 Å². The lowest BCUT2D eigenvalue weighted by molar-refractivity contribution is 0.171. The molecule has 21 heavy (non-hydrogen) atoms. The molecule has 0 aliphatic carbocycles. The minimum absolute atomic E-state index is 0.134. The molecule has 9 heteroatoms. The molecule has 0 radical (unpaired) electrons. The van der Waals surface area contributed by atoms with Crippen LogP contribution in [0.5, 0.6) is 11.5 Å². The van der Waals surface area contributed by atoms with Gasteiger partial charge in [-0.25, -0.2) is 8.42 Å². The quantitative estimate of drug-likeness (QED) is 0.837. The maximum absolute atomic E-state index is 12.3. The van der Waals surface area contributed by atoms with Gasteiger partial charge in [0.1, 0.15) is 17.4 Å². The van der Waals surface area contributed by atoms with Crippen molar-refractivity contribution >= 4 is 54.6 Å². The Bertz CT molecular complexity index is 771. The zero-order valence-corrected chi connectivity index (χ0v) is 14.4. The highest BCUT2D eigenvalue weighted by Crippen LogP contribution is 2.37. The number of hydrogen-bond donors (Lipinski definition) is 1. The summed E-state index contributed by atoms with van der Waals surface area (Å²) in [5.74, 6) is 1.12. The smallest absolute Gasteiger partial charge is 0.271 e. The molecule has 0 amide bonds. The third kappa shape index (κ3) is 3.13. The topological polar surface area (TPSA) is 64.6 Å². The number of halogens is 2. The molecule has 0 fully saturated rings. The van der Waals surface area contributed by atoms with Crippen LogP contribution in [0.1, 0.15) is 0 Å². The van der Waals surface area contributed by atoms with E-state index in [1.165, 1.54) is 6.07 Å². The SMILES string of the molecule is O=S(=O)(Nc1ccc2c(c1)OCCO2)c1cc(Cl)c(Br)s1. The van der Waals surface area contributed by atoms with Gasteiger partial charge in [0.15, 0.2) is 11.5 Å². The van der Waals surface area contributed by atoms with Crippen molar-refractivity contribution in [3.63, 3.8) is 0 Å². The second kappa shape index (κ2) is 5.68. The first-order valence-electron chi connectivity index (χ1n) is 5.83. The Labute approximate surface area is 139 Å². The van der Waals surface area contributed by atoms with Gasteiger partial charge in [-0.05, 0) is 34.1 Å². The van der Waals surface area contributed by atoms with Crippen LogP contribution in [0.3, 0.4) is 0 Å². The number of rotatable bonds is 3. The predicted octanol–water partition coefficient (Wildman–Crippen LogP) is 3.74. The van der Waals surface area contributed by atoms with E-state index < -0.39 is 10.0 Å². The van der Waals surface area contributed by atoms with Gasteiger partial charge in [0.2, 0.25) is 0 Å². The summed E-state index contributed by atoms with van der Waals surface area (Å²) in [6.07, 6.45) is 0. The molecule has 0 saturated carbocycles. The summed E-state index contributed by atoms with van der Waals surface area (Å²) < 4.78 is 38.6. The van der Waals surface area contributed by atoms with E-state index >= 15 is 0 Å². The van der Waals surface area contributed by atoms with Crippen molar-refractivity contribution in [2.45, 2.75) is 4.21 Å². The molecule has 3 rings (SSSR count). The van der Waals surface area contributed by atoms with Crippen LogP contribution in [0.4, 0.5) is 5.69 Å². The number of thiophene rings is 1. The first kappa shape index (κ1) is 15.0. The molecule has 112 valence electrons. The maximum Gasteiger partial charge on any atom is 0.271 e. The number of sulfonamides is 1. The molecule has 5 nitrogen and oxygen atoms in total.